The summed E-state index contributed by atoms with van der Waals surface area (Å²) in [5, 5.41) is 4.05. The third kappa shape index (κ3) is 5.40. The van der Waals surface area contributed by atoms with Gasteiger partial charge >= 0.3 is 0 Å². The maximum Gasteiger partial charge on any atom is 0.253 e. The highest BCUT2D eigenvalue weighted by atomic mass is 32.2. The van der Waals surface area contributed by atoms with Crippen LogP contribution in [0.3, 0.4) is 0 Å². The molecule has 0 radical (unpaired) electrons. The van der Waals surface area contributed by atoms with Crippen molar-refractivity contribution >= 4 is 23.6 Å². The van der Waals surface area contributed by atoms with E-state index in [0.717, 1.165) is 30.1 Å². The Balaban J connectivity index is 1.25. The minimum absolute atomic E-state index is 0.0427. The number of carbonyl (C=O) groups excluding carboxylic acids is 2. The lowest BCUT2D eigenvalue weighted by atomic mass is 10.0. The molecule has 1 aliphatic rings. The number of benzene rings is 2. The molecule has 2 amide bonds. The summed E-state index contributed by atoms with van der Waals surface area (Å²) in [6.45, 7) is 1.31. The van der Waals surface area contributed by atoms with E-state index in [0.29, 0.717) is 25.1 Å². The van der Waals surface area contributed by atoms with Crippen molar-refractivity contribution in [2.45, 2.75) is 36.9 Å². The van der Waals surface area contributed by atoms with E-state index in [1.165, 1.54) is 5.56 Å². The highest BCUT2D eigenvalue weighted by molar-refractivity contribution is 7.98. The SMILES string of the molecule is CSc1nccn1-c1ccc(C(=O)N2CCC(NC(=O)CCc3ccccc3)CC2)cc1. The number of carbonyl (C=O) groups is 2. The van der Waals surface area contributed by atoms with Gasteiger partial charge in [-0.3, -0.25) is 14.2 Å². The molecule has 1 aromatic heterocycles. The van der Waals surface area contributed by atoms with Gasteiger partial charge in [0.1, 0.15) is 0 Å². The molecule has 0 spiro atoms. The summed E-state index contributed by atoms with van der Waals surface area (Å²) in [5.41, 5.74) is 2.84. The van der Waals surface area contributed by atoms with Crippen LogP contribution in [0.2, 0.25) is 0 Å². The van der Waals surface area contributed by atoms with Crippen molar-refractivity contribution in [2.75, 3.05) is 19.3 Å². The van der Waals surface area contributed by atoms with E-state index < -0.39 is 0 Å². The fourth-order valence-corrected chi connectivity index (χ4v) is 4.54. The minimum atomic E-state index is 0.0427. The molecular weight excluding hydrogens is 420 g/mol. The van der Waals surface area contributed by atoms with E-state index in [1.807, 2.05) is 76.5 Å². The molecule has 1 aliphatic heterocycles. The Labute approximate surface area is 193 Å². The van der Waals surface area contributed by atoms with Gasteiger partial charge in [0.15, 0.2) is 5.16 Å². The molecule has 2 aromatic carbocycles. The van der Waals surface area contributed by atoms with Crippen molar-refractivity contribution in [1.82, 2.24) is 19.8 Å². The Bertz CT molecular complexity index is 1040. The second-order valence-electron chi connectivity index (χ2n) is 7.95. The minimum Gasteiger partial charge on any atom is -0.353 e. The van der Waals surface area contributed by atoms with E-state index in [1.54, 1.807) is 18.0 Å². The van der Waals surface area contributed by atoms with Crippen molar-refractivity contribution in [1.29, 1.82) is 0 Å². The van der Waals surface area contributed by atoms with E-state index in [4.69, 9.17) is 0 Å². The number of hydrogen-bond acceptors (Lipinski definition) is 4. The summed E-state index contributed by atoms with van der Waals surface area (Å²) in [4.78, 5) is 31.4. The van der Waals surface area contributed by atoms with E-state index >= 15 is 0 Å². The first-order valence-corrected chi connectivity index (χ1v) is 12.2. The first-order chi connectivity index (χ1) is 15.6. The van der Waals surface area contributed by atoms with Gasteiger partial charge in [0.2, 0.25) is 5.91 Å². The third-order valence-electron chi connectivity index (χ3n) is 5.81. The van der Waals surface area contributed by atoms with Crippen LogP contribution >= 0.6 is 11.8 Å². The smallest absolute Gasteiger partial charge is 0.253 e. The van der Waals surface area contributed by atoms with Gasteiger partial charge in [0.05, 0.1) is 0 Å². The van der Waals surface area contributed by atoms with E-state index in [-0.39, 0.29) is 17.9 Å². The van der Waals surface area contributed by atoms with E-state index in [2.05, 4.69) is 10.3 Å². The Morgan fingerprint density at radius 3 is 2.47 bits per heavy atom. The number of amides is 2. The number of likely N-dealkylation sites (tertiary alicyclic amines) is 1. The van der Waals surface area contributed by atoms with Gasteiger partial charge in [-0.05, 0) is 55.3 Å². The molecule has 32 heavy (non-hydrogen) atoms. The second kappa shape index (κ2) is 10.5. The molecule has 166 valence electrons. The standard InChI is InChI=1S/C25H28N4O2S/c1-32-25-26-15-18-29(25)22-10-8-20(9-11-22)24(31)28-16-13-21(14-17-28)27-23(30)12-7-19-5-3-2-4-6-19/h2-6,8-11,15,18,21H,7,12-14,16-17H2,1H3,(H,27,30). The van der Waals surface area contributed by atoms with E-state index in [9.17, 15) is 9.59 Å². The highest BCUT2D eigenvalue weighted by Crippen LogP contribution is 2.20. The molecule has 0 aliphatic carbocycles. The summed E-state index contributed by atoms with van der Waals surface area (Å²) >= 11 is 1.58. The number of aromatic nitrogens is 2. The number of nitrogens with one attached hydrogen (secondary N) is 1. The van der Waals surface area contributed by atoms with Crippen LogP contribution in [0.15, 0.2) is 72.1 Å². The Hall–Kier alpha value is -3.06. The van der Waals surface area contributed by atoms with Crippen molar-refractivity contribution in [3.05, 3.63) is 78.1 Å². The van der Waals surface area contributed by atoms with Crippen LogP contribution in [0.5, 0.6) is 0 Å². The predicted octanol–water partition coefficient (Wildman–Crippen LogP) is 3.95. The van der Waals surface area contributed by atoms with Crippen LogP contribution < -0.4 is 5.32 Å². The molecule has 0 bridgehead atoms. The van der Waals surface area contributed by atoms with Crippen molar-refractivity contribution in [3.8, 4) is 5.69 Å². The summed E-state index contributed by atoms with van der Waals surface area (Å²) in [6, 6.07) is 17.8. The molecule has 0 unspecified atom stereocenters. The molecule has 1 saturated heterocycles. The quantitative estimate of drug-likeness (QED) is 0.556. The van der Waals surface area contributed by atoms with Gasteiger partial charge in [0.25, 0.3) is 5.91 Å². The fourth-order valence-electron chi connectivity index (χ4n) is 4.01. The lowest BCUT2D eigenvalue weighted by Crippen LogP contribution is -2.46. The van der Waals surface area contributed by atoms with Crippen molar-refractivity contribution < 1.29 is 9.59 Å². The molecule has 1 N–H and O–H groups in total. The van der Waals surface area contributed by atoms with Crippen LogP contribution in [0.25, 0.3) is 5.69 Å². The van der Waals surface area contributed by atoms with Crippen LogP contribution in [-0.2, 0) is 11.2 Å². The topological polar surface area (TPSA) is 67.2 Å². The molecule has 7 heteroatoms. The monoisotopic (exact) mass is 448 g/mol. The lowest BCUT2D eigenvalue weighted by Gasteiger charge is -2.32. The Morgan fingerprint density at radius 2 is 1.78 bits per heavy atom. The number of rotatable bonds is 7. The molecular formula is C25H28N4O2S. The Kier molecular flexibility index (Phi) is 7.27. The largest absolute Gasteiger partial charge is 0.353 e. The number of thioether (sulfide) groups is 1. The van der Waals surface area contributed by atoms with Gasteiger partial charge < -0.3 is 10.2 Å². The number of imidazole rings is 1. The highest BCUT2D eigenvalue weighted by Gasteiger charge is 2.24. The number of piperidine rings is 1. The molecule has 6 nitrogen and oxygen atoms in total. The zero-order valence-electron chi connectivity index (χ0n) is 18.2. The maximum atomic E-state index is 12.9. The normalized spacial score (nSPS) is 14.3. The Morgan fingerprint density at radius 1 is 1.06 bits per heavy atom. The van der Waals surface area contributed by atoms with Crippen LogP contribution in [0.4, 0.5) is 0 Å². The zero-order chi connectivity index (χ0) is 22.3. The number of aryl methyl sites for hydroxylation is 1. The van der Waals surface area contributed by atoms with Gasteiger partial charge in [0, 0.05) is 49.2 Å². The second-order valence-corrected chi connectivity index (χ2v) is 8.72. The zero-order valence-corrected chi connectivity index (χ0v) is 19.1. The third-order valence-corrected chi connectivity index (χ3v) is 6.48. The summed E-state index contributed by atoms with van der Waals surface area (Å²) in [6.07, 6.45) is 8.49. The molecule has 4 rings (SSSR count). The van der Waals surface area contributed by atoms with Gasteiger partial charge in [-0.25, -0.2) is 4.98 Å². The van der Waals surface area contributed by atoms with Gasteiger partial charge in [-0.15, -0.1) is 0 Å². The lowest BCUT2D eigenvalue weighted by molar-refractivity contribution is -0.122. The molecule has 2 heterocycles. The first-order valence-electron chi connectivity index (χ1n) is 10.9. The fraction of sp³-hybridized carbons (Fsp3) is 0.320. The summed E-state index contributed by atoms with van der Waals surface area (Å²) in [5.74, 6) is 0.124. The molecule has 1 fully saturated rings. The van der Waals surface area contributed by atoms with Gasteiger partial charge in [-0.2, -0.15) is 0 Å². The van der Waals surface area contributed by atoms with Crippen LogP contribution in [-0.4, -0.2) is 51.7 Å². The van der Waals surface area contributed by atoms with Gasteiger partial charge in [-0.1, -0.05) is 42.1 Å². The first kappa shape index (κ1) is 22.1. The molecule has 0 atom stereocenters. The average molecular weight is 449 g/mol. The van der Waals surface area contributed by atoms with Crippen LogP contribution in [0, 0.1) is 0 Å². The number of hydrogen-bond donors (Lipinski definition) is 1. The average Bonchev–Trinajstić information content (AvgIpc) is 3.33. The number of nitrogens with zero attached hydrogens (tertiary/aromatic N) is 3. The van der Waals surface area contributed by atoms with Crippen molar-refractivity contribution in [3.63, 3.8) is 0 Å². The van der Waals surface area contributed by atoms with Crippen LogP contribution in [0.1, 0.15) is 35.2 Å². The summed E-state index contributed by atoms with van der Waals surface area (Å²) in [7, 11) is 0. The molecule has 0 saturated carbocycles. The summed E-state index contributed by atoms with van der Waals surface area (Å²) < 4.78 is 2.00. The van der Waals surface area contributed by atoms with Crippen molar-refractivity contribution in [2.24, 2.45) is 0 Å². The molecule has 3 aromatic rings. The maximum absolute atomic E-state index is 12.9. The predicted molar refractivity (Wildman–Crippen MR) is 127 cm³/mol.